The lowest BCUT2D eigenvalue weighted by Crippen LogP contribution is -2.02. The minimum absolute atomic E-state index is 0.242. The molecule has 0 bridgehead atoms. The lowest BCUT2D eigenvalue weighted by Gasteiger charge is -2.18. The van der Waals surface area contributed by atoms with Crippen LogP contribution in [0.2, 0.25) is 0 Å². The lowest BCUT2D eigenvalue weighted by molar-refractivity contribution is 0.547. The summed E-state index contributed by atoms with van der Waals surface area (Å²) in [5.41, 5.74) is 8.79. The van der Waals surface area contributed by atoms with Crippen molar-refractivity contribution in [2.45, 2.75) is 55.4 Å². The van der Waals surface area contributed by atoms with Gasteiger partial charge in [-0.2, -0.15) is 0 Å². The molecule has 1 aromatic rings. The normalized spacial score (nSPS) is 12.5. The van der Waals surface area contributed by atoms with Crippen molar-refractivity contribution in [1.29, 1.82) is 0 Å². The maximum Gasteiger partial charge on any atom is -0.0196 e. The van der Waals surface area contributed by atoms with E-state index in [2.05, 4.69) is 67.5 Å². The molecule has 0 radical (unpaired) electrons. The Labute approximate surface area is 107 Å². The quantitative estimate of drug-likeness (QED) is 0.615. The van der Waals surface area contributed by atoms with E-state index < -0.39 is 0 Å². The Bertz CT molecular complexity index is 425. The van der Waals surface area contributed by atoms with Crippen molar-refractivity contribution in [1.82, 2.24) is 0 Å². The third kappa shape index (κ3) is 3.00. The molecule has 0 heteroatoms. The first-order chi connectivity index (χ1) is 7.65. The fourth-order valence-electron chi connectivity index (χ4n) is 2.11. The summed E-state index contributed by atoms with van der Waals surface area (Å²) in [6.07, 6.45) is 4.60. The highest BCUT2D eigenvalue weighted by Crippen LogP contribution is 2.28. The van der Waals surface area contributed by atoms with Crippen LogP contribution in [0, 0.1) is 40.0 Å². The molecule has 1 rings (SSSR count). The van der Waals surface area contributed by atoms with Gasteiger partial charge in [0.25, 0.3) is 0 Å². The molecule has 1 aromatic carbocycles. The molecule has 0 aliphatic rings. The molecular formula is C17H26. The largest absolute Gasteiger partial charge is 0.0785 e. The van der Waals surface area contributed by atoms with Crippen molar-refractivity contribution in [2.24, 2.45) is 5.41 Å². The second kappa shape index (κ2) is 4.68. The van der Waals surface area contributed by atoms with Crippen molar-refractivity contribution < 1.29 is 0 Å². The third-order valence-corrected chi connectivity index (χ3v) is 3.81. The van der Waals surface area contributed by atoms with Crippen molar-refractivity contribution in [3.8, 4) is 0 Å². The Morgan fingerprint density at radius 2 is 1.00 bits per heavy atom. The molecule has 0 amide bonds. The molecular weight excluding hydrogens is 204 g/mol. The lowest BCUT2D eigenvalue weighted by atomic mass is 9.87. The van der Waals surface area contributed by atoms with E-state index in [1.807, 2.05) is 0 Å². The number of hydrogen-bond acceptors (Lipinski definition) is 0. The van der Waals surface area contributed by atoms with Crippen LogP contribution in [-0.2, 0) is 0 Å². The Morgan fingerprint density at radius 3 is 1.35 bits per heavy atom. The average Bonchev–Trinajstić information content (AvgIpc) is 2.22. The molecule has 0 fully saturated rings. The van der Waals surface area contributed by atoms with Gasteiger partial charge in [0.2, 0.25) is 0 Å². The molecule has 0 spiro atoms. The van der Waals surface area contributed by atoms with Gasteiger partial charge in [-0.25, -0.2) is 0 Å². The highest BCUT2D eigenvalue weighted by molar-refractivity contribution is 5.63. The Balaban J connectivity index is 3.40. The van der Waals surface area contributed by atoms with Gasteiger partial charge in [0, 0.05) is 0 Å². The first-order valence-electron chi connectivity index (χ1n) is 6.41. The van der Waals surface area contributed by atoms with Gasteiger partial charge in [0.15, 0.2) is 0 Å². The zero-order chi connectivity index (χ0) is 13.4. The fourth-order valence-corrected chi connectivity index (χ4v) is 2.11. The summed E-state index contributed by atoms with van der Waals surface area (Å²) in [6.45, 7) is 17.9. The van der Waals surface area contributed by atoms with Gasteiger partial charge >= 0.3 is 0 Å². The highest BCUT2D eigenvalue weighted by atomic mass is 14.2. The second-order valence-corrected chi connectivity index (χ2v) is 6.24. The van der Waals surface area contributed by atoms with Crippen LogP contribution in [-0.4, -0.2) is 0 Å². The second-order valence-electron chi connectivity index (χ2n) is 6.24. The van der Waals surface area contributed by atoms with E-state index in [0.29, 0.717) is 0 Å². The first-order valence-corrected chi connectivity index (χ1v) is 6.41. The predicted octanol–water partition coefficient (Wildman–Crippen LogP) is 5.29. The Kier molecular flexibility index (Phi) is 3.86. The van der Waals surface area contributed by atoms with Crippen molar-refractivity contribution in [3.05, 3.63) is 39.5 Å². The summed E-state index contributed by atoms with van der Waals surface area (Å²) in [7, 11) is 0. The summed E-state index contributed by atoms with van der Waals surface area (Å²) >= 11 is 0. The summed E-state index contributed by atoms with van der Waals surface area (Å²) < 4.78 is 0. The van der Waals surface area contributed by atoms with Gasteiger partial charge in [-0.3, -0.25) is 0 Å². The molecule has 0 aromatic heterocycles. The molecule has 17 heavy (non-hydrogen) atoms. The van der Waals surface area contributed by atoms with Crippen LogP contribution in [0.3, 0.4) is 0 Å². The summed E-state index contributed by atoms with van der Waals surface area (Å²) in [5.74, 6) is 0. The van der Waals surface area contributed by atoms with Crippen LogP contribution in [0.25, 0.3) is 6.08 Å². The molecule has 0 aliphatic carbocycles. The molecule has 0 saturated heterocycles. The van der Waals surface area contributed by atoms with Gasteiger partial charge in [0.1, 0.15) is 0 Å². The van der Waals surface area contributed by atoms with Crippen LogP contribution < -0.4 is 0 Å². The number of rotatable bonds is 1. The minimum Gasteiger partial charge on any atom is -0.0785 e. The van der Waals surface area contributed by atoms with Crippen molar-refractivity contribution in [3.63, 3.8) is 0 Å². The van der Waals surface area contributed by atoms with E-state index in [-0.39, 0.29) is 5.41 Å². The maximum atomic E-state index is 2.30. The van der Waals surface area contributed by atoms with Crippen LogP contribution in [0.5, 0.6) is 0 Å². The van der Waals surface area contributed by atoms with Crippen LogP contribution in [0.15, 0.2) is 6.08 Å². The van der Waals surface area contributed by atoms with Crippen LogP contribution in [0.1, 0.15) is 54.2 Å². The minimum atomic E-state index is 0.242. The van der Waals surface area contributed by atoms with E-state index >= 15 is 0 Å². The van der Waals surface area contributed by atoms with Gasteiger partial charge in [-0.05, 0) is 73.4 Å². The molecule has 0 nitrogen and oxygen atoms in total. The number of allylic oxidation sites excluding steroid dienone is 1. The SMILES string of the molecule is Cc1c(C)c(C)c(/C=C/C(C)(C)C)c(C)c1C. The van der Waals surface area contributed by atoms with E-state index in [4.69, 9.17) is 0 Å². The number of benzene rings is 1. The maximum absolute atomic E-state index is 2.30. The monoisotopic (exact) mass is 230 g/mol. The van der Waals surface area contributed by atoms with Gasteiger partial charge in [-0.15, -0.1) is 0 Å². The Hall–Kier alpha value is -1.04. The van der Waals surface area contributed by atoms with Crippen LogP contribution in [0.4, 0.5) is 0 Å². The summed E-state index contributed by atoms with van der Waals surface area (Å²) in [5, 5.41) is 0. The Morgan fingerprint density at radius 1 is 0.647 bits per heavy atom. The molecule has 0 N–H and O–H groups in total. The van der Waals surface area contributed by atoms with E-state index in [0.717, 1.165) is 0 Å². The smallest absolute Gasteiger partial charge is 0.0196 e. The molecule has 0 aliphatic heterocycles. The van der Waals surface area contributed by atoms with E-state index in [1.165, 1.54) is 33.4 Å². The molecule has 0 heterocycles. The van der Waals surface area contributed by atoms with E-state index in [1.54, 1.807) is 0 Å². The average molecular weight is 230 g/mol. The van der Waals surface area contributed by atoms with Crippen molar-refractivity contribution in [2.75, 3.05) is 0 Å². The molecule has 0 saturated carbocycles. The fraction of sp³-hybridized carbons (Fsp3) is 0.529. The van der Waals surface area contributed by atoms with E-state index in [9.17, 15) is 0 Å². The van der Waals surface area contributed by atoms with Gasteiger partial charge < -0.3 is 0 Å². The van der Waals surface area contributed by atoms with Crippen molar-refractivity contribution >= 4 is 6.08 Å². The zero-order valence-electron chi connectivity index (χ0n) is 12.7. The highest BCUT2D eigenvalue weighted by Gasteiger charge is 2.11. The predicted molar refractivity (Wildman–Crippen MR) is 78.6 cm³/mol. The van der Waals surface area contributed by atoms with Gasteiger partial charge in [-0.1, -0.05) is 32.9 Å². The molecule has 94 valence electrons. The number of hydrogen-bond donors (Lipinski definition) is 0. The summed E-state index contributed by atoms with van der Waals surface area (Å²) in [4.78, 5) is 0. The summed E-state index contributed by atoms with van der Waals surface area (Å²) in [6, 6.07) is 0. The topological polar surface area (TPSA) is 0 Å². The molecule has 0 unspecified atom stereocenters. The van der Waals surface area contributed by atoms with Gasteiger partial charge in [0.05, 0.1) is 0 Å². The first kappa shape index (κ1) is 14.0. The standard InChI is InChI=1S/C17H26/c1-11-12(2)14(4)16(15(5)13(11)3)9-10-17(6,7)8/h9-10H,1-8H3/b10-9+. The van der Waals surface area contributed by atoms with Crippen LogP contribution >= 0.6 is 0 Å². The zero-order valence-corrected chi connectivity index (χ0v) is 12.7. The third-order valence-electron chi connectivity index (χ3n) is 3.81. The molecule has 0 atom stereocenters.